The second-order valence-corrected chi connectivity index (χ2v) is 4.19. The van der Waals surface area contributed by atoms with Gasteiger partial charge in [0, 0.05) is 30.1 Å². The molecular formula is C15H15N3O. The Hall–Kier alpha value is -2.49. The van der Waals surface area contributed by atoms with Crippen LogP contribution in [0.2, 0.25) is 0 Å². The zero-order valence-corrected chi connectivity index (χ0v) is 10.7. The average molecular weight is 253 g/mol. The van der Waals surface area contributed by atoms with Gasteiger partial charge in [-0.25, -0.2) is 5.43 Å². The fourth-order valence-electron chi connectivity index (χ4n) is 1.64. The second kappa shape index (κ2) is 6.44. The maximum atomic E-state index is 11.8. The van der Waals surface area contributed by atoms with E-state index in [-0.39, 0.29) is 5.91 Å². The highest BCUT2D eigenvalue weighted by Crippen LogP contribution is 2.01. The number of hydrazone groups is 1. The number of nitrogens with zero attached hydrogens (tertiary/aromatic N) is 2. The fraction of sp³-hybridized carbons (Fsp3) is 0.133. The first-order valence-corrected chi connectivity index (χ1v) is 6.03. The molecule has 0 unspecified atom stereocenters. The molecule has 0 atom stereocenters. The Balaban J connectivity index is 1.93. The average Bonchev–Trinajstić information content (AvgIpc) is 2.47. The highest BCUT2D eigenvalue weighted by atomic mass is 16.2. The van der Waals surface area contributed by atoms with Crippen molar-refractivity contribution in [3.05, 3.63) is 66.0 Å². The van der Waals surface area contributed by atoms with Crippen molar-refractivity contribution in [2.45, 2.75) is 13.3 Å². The summed E-state index contributed by atoms with van der Waals surface area (Å²) in [6, 6.07) is 13.3. The third-order valence-electron chi connectivity index (χ3n) is 2.59. The number of carbonyl (C=O) groups excluding carboxylic acids is 1. The molecule has 1 N–H and O–H groups in total. The lowest BCUT2D eigenvalue weighted by Crippen LogP contribution is -2.19. The molecule has 1 amide bonds. The number of nitrogens with one attached hydrogen (secondary N) is 1. The van der Waals surface area contributed by atoms with Crippen LogP contribution in [0.1, 0.15) is 22.8 Å². The Morgan fingerprint density at radius 2 is 1.84 bits per heavy atom. The lowest BCUT2D eigenvalue weighted by molar-refractivity contribution is 0.0954. The van der Waals surface area contributed by atoms with E-state index in [2.05, 4.69) is 15.5 Å². The van der Waals surface area contributed by atoms with Gasteiger partial charge in [-0.3, -0.25) is 9.78 Å². The molecule has 0 saturated carbocycles. The number of rotatable bonds is 4. The molecule has 96 valence electrons. The van der Waals surface area contributed by atoms with Gasteiger partial charge in [-0.2, -0.15) is 5.10 Å². The smallest absolute Gasteiger partial charge is 0.267 e. The highest BCUT2D eigenvalue weighted by molar-refractivity contribution is 5.95. The van der Waals surface area contributed by atoms with Gasteiger partial charge in [-0.15, -0.1) is 0 Å². The predicted molar refractivity (Wildman–Crippen MR) is 75.0 cm³/mol. The van der Waals surface area contributed by atoms with Crippen molar-refractivity contribution in [1.82, 2.24) is 10.4 Å². The Morgan fingerprint density at radius 3 is 2.53 bits per heavy atom. The third kappa shape index (κ3) is 4.03. The number of aromatic nitrogens is 1. The molecule has 0 fully saturated rings. The SMILES string of the molecule is CC(Cc1ccccc1)=NNC(=O)c1ccncc1. The summed E-state index contributed by atoms with van der Waals surface area (Å²) in [5.74, 6) is -0.227. The molecule has 19 heavy (non-hydrogen) atoms. The minimum absolute atomic E-state index is 0.227. The zero-order chi connectivity index (χ0) is 13.5. The summed E-state index contributed by atoms with van der Waals surface area (Å²) in [7, 11) is 0. The molecule has 0 aliphatic carbocycles. The van der Waals surface area contributed by atoms with Crippen molar-refractivity contribution >= 4 is 11.6 Å². The van der Waals surface area contributed by atoms with Gasteiger partial charge in [0.1, 0.15) is 0 Å². The van der Waals surface area contributed by atoms with Crippen molar-refractivity contribution in [3.63, 3.8) is 0 Å². The van der Waals surface area contributed by atoms with Gasteiger partial charge in [0.05, 0.1) is 0 Å². The number of amides is 1. The predicted octanol–water partition coefficient (Wildman–Crippen LogP) is 2.43. The van der Waals surface area contributed by atoms with Gasteiger partial charge in [-0.05, 0) is 24.6 Å². The summed E-state index contributed by atoms with van der Waals surface area (Å²) in [6.45, 7) is 1.89. The fourth-order valence-corrected chi connectivity index (χ4v) is 1.64. The molecule has 0 saturated heterocycles. The maximum absolute atomic E-state index is 11.8. The summed E-state index contributed by atoms with van der Waals surface area (Å²) in [5.41, 5.74) is 5.11. The van der Waals surface area contributed by atoms with Gasteiger partial charge in [0.15, 0.2) is 0 Å². The largest absolute Gasteiger partial charge is 0.271 e. The van der Waals surface area contributed by atoms with E-state index in [0.717, 1.165) is 12.1 Å². The lowest BCUT2D eigenvalue weighted by Gasteiger charge is -2.03. The van der Waals surface area contributed by atoms with Crippen LogP contribution in [-0.2, 0) is 6.42 Å². The quantitative estimate of drug-likeness (QED) is 0.672. The highest BCUT2D eigenvalue weighted by Gasteiger charge is 2.03. The van der Waals surface area contributed by atoms with Gasteiger partial charge in [0.2, 0.25) is 0 Å². The van der Waals surface area contributed by atoms with Crippen LogP contribution < -0.4 is 5.43 Å². The topological polar surface area (TPSA) is 54.4 Å². The van der Waals surface area contributed by atoms with Crippen LogP contribution in [0.15, 0.2) is 60.0 Å². The molecule has 1 aromatic heterocycles. The summed E-state index contributed by atoms with van der Waals surface area (Å²) in [5, 5.41) is 4.09. The van der Waals surface area contributed by atoms with E-state index in [1.54, 1.807) is 24.5 Å². The number of carbonyl (C=O) groups is 1. The first kappa shape index (κ1) is 13.0. The summed E-state index contributed by atoms with van der Waals surface area (Å²) in [4.78, 5) is 15.6. The van der Waals surface area contributed by atoms with Crippen LogP contribution in [0.4, 0.5) is 0 Å². The molecule has 0 bridgehead atoms. The molecule has 2 aromatic rings. The molecule has 4 nitrogen and oxygen atoms in total. The van der Waals surface area contributed by atoms with Crippen LogP contribution in [0.25, 0.3) is 0 Å². The Kier molecular flexibility index (Phi) is 4.39. The van der Waals surface area contributed by atoms with Gasteiger partial charge < -0.3 is 0 Å². The van der Waals surface area contributed by atoms with Crippen LogP contribution in [0.3, 0.4) is 0 Å². The molecule has 1 aromatic carbocycles. The molecule has 0 radical (unpaired) electrons. The van der Waals surface area contributed by atoms with Crippen LogP contribution in [0, 0.1) is 0 Å². The Bertz CT molecular complexity index is 564. The Labute approximate surface area is 112 Å². The molecule has 0 aliphatic rings. The molecular weight excluding hydrogens is 238 g/mol. The monoisotopic (exact) mass is 253 g/mol. The number of pyridine rings is 1. The van der Waals surface area contributed by atoms with E-state index in [1.807, 2.05) is 37.3 Å². The zero-order valence-electron chi connectivity index (χ0n) is 10.7. The van der Waals surface area contributed by atoms with Gasteiger partial charge >= 0.3 is 0 Å². The van der Waals surface area contributed by atoms with Crippen LogP contribution in [-0.4, -0.2) is 16.6 Å². The molecule has 2 rings (SSSR count). The number of hydrogen-bond acceptors (Lipinski definition) is 3. The van der Waals surface area contributed by atoms with Crippen molar-refractivity contribution in [2.24, 2.45) is 5.10 Å². The van der Waals surface area contributed by atoms with Crippen molar-refractivity contribution in [2.75, 3.05) is 0 Å². The third-order valence-corrected chi connectivity index (χ3v) is 2.59. The standard InChI is InChI=1S/C15H15N3O/c1-12(11-13-5-3-2-4-6-13)17-18-15(19)14-7-9-16-10-8-14/h2-10H,11H2,1H3,(H,18,19). The van der Waals surface area contributed by atoms with E-state index in [1.165, 1.54) is 5.56 Å². The minimum atomic E-state index is -0.227. The molecule has 4 heteroatoms. The molecule has 1 heterocycles. The second-order valence-electron chi connectivity index (χ2n) is 4.19. The van der Waals surface area contributed by atoms with Crippen molar-refractivity contribution < 1.29 is 4.79 Å². The summed E-state index contributed by atoms with van der Waals surface area (Å²) < 4.78 is 0. The summed E-state index contributed by atoms with van der Waals surface area (Å²) >= 11 is 0. The van der Waals surface area contributed by atoms with E-state index in [4.69, 9.17) is 0 Å². The van der Waals surface area contributed by atoms with Crippen molar-refractivity contribution in [1.29, 1.82) is 0 Å². The normalized spacial score (nSPS) is 11.1. The first-order valence-electron chi connectivity index (χ1n) is 6.03. The van der Waals surface area contributed by atoms with Crippen LogP contribution >= 0.6 is 0 Å². The van der Waals surface area contributed by atoms with Crippen molar-refractivity contribution in [3.8, 4) is 0 Å². The van der Waals surface area contributed by atoms with Gasteiger partial charge in [0.25, 0.3) is 5.91 Å². The summed E-state index contributed by atoms with van der Waals surface area (Å²) in [6.07, 6.45) is 3.88. The van der Waals surface area contributed by atoms with E-state index in [9.17, 15) is 4.79 Å². The van der Waals surface area contributed by atoms with E-state index in [0.29, 0.717) is 5.56 Å². The van der Waals surface area contributed by atoms with Gasteiger partial charge in [-0.1, -0.05) is 30.3 Å². The number of hydrogen-bond donors (Lipinski definition) is 1. The molecule has 0 spiro atoms. The minimum Gasteiger partial charge on any atom is -0.267 e. The first-order chi connectivity index (χ1) is 9.25. The number of benzene rings is 1. The molecule has 0 aliphatic heterocycles. The van der Waals surface area contributed by atoms with Crippen LogP contribution in [0.5, 0.6) is 0 Å². The van der Waals surface area contributed by atoms with E-state index >= 15 is 0 Å². The maximum Gasteiger partial charge on any atom is 0.271 e. The van der Waals surface area contributed by atoms with E-state index < -0.39 is 0 Å². The lowest BCUT2D eigenvalue weighted by atomic mass is 10.1. The Morgan fingerprint density at radius 1 is 1.16 bits per heavy atom.